The maximum atomic E-state index is 9.12. The molecule has 0 heterocycles. The van der Waals surface area contributed by atoms with E-state index >= 15 is 0 Å². The number of aliphatic hydroxyl groups is 2. The van der Waals surface area contributed by atoms with Gasteiger partial charge in [-0.2, -0.15) is 0 Å². The van der Waals surface area contributed by atoms with Crippen molar-refractivity contribution in [3.63, 3.8) is 0 Å². The summed E-state index contributed by atoms with van der Waals surface area (Å²) in [4.78, 5) is 0. The fourth-order valence-electron chi connectivity index (χ4n) is 1.96. The maximum Gasteiger partial charge on any atom is 0.0781 e. The van der Waals surface area contributed by atoms with Gasteiger partial charge in [-0.25, -0.2) is 0 Å². The molecule has 0 saturated heterocycles. The number of hydrogen-bond acceptors (Lipinski definition) is 6. The largest absolute Gasteiger partial charge is 0.391 e. The van der Waals surface area contributed by atoms with Gasteiger partial charge in [-0.15, -0.1) is 0 Å². The van der Waals surface area contributed by atoms with Crippen LogP contribution in [0, 0.1) is 0 Å². The molecule has 0 aromatic heterocycles. The number of hydrogen-bond donors (Lipinski definition) is 2. The van der Waals surface area contributed by atoms with Gasteiger partial charge in [-0.3, -0.25) is 0 Å². The highest BCUT2D eigenvalue weighted by Crippen LogP contribution is 2.03. The van der Waals surface area contributed by atoms with Crippen molar-refractivity contribution in [2.75, 3.05) is 39.6 Å². The summed E-state index contributed by atoms with van der Waals surface area (Å²) in [7, 11) is 0. The average Bonchev–Trinajstić information content (AvgIpc) is 2.52. The summed E-state index contributed by atoms with van der Waals surface area (Å²) in [6, 6.07) is 0. The number of ether oxygens (including phenoxy) is 4. The maximum absolute atomic E-state index is 9.12. The first-order valence-corrected chi connectivity index (χ1v) is 9.16. The molecule has 6 nitrogen and oxygen atoms in total. The predicted molar refractivity (Wildman–Crippen MR) is 94.3 cm³/mol. The SMILES string of the molecule is C[C@@H](O)CO[C@@H](C)COCCCCCCOC[C@H](C)OC[C@@H](C)O. The second-order valence-electron chi connectivity index (χ2n) is 6.55. The zero-order valence-corrected chi connectivity index (χ0v) is 15.9. The van der Waals surface area contributed by atoms with Crippen molar-refractivity contribution >= 4 is 0 Å². The van der Waals surface area contributed by atoms with Crippen LogP contribution in [0.2, 0.25) is 0 Å². The topological polar surface area (TPSA) is 77.4 Å². The van der Waals surface area contributed by atoms with E-state index < -0.39 is 12.2 Å². The van der Waals surface area contributed by atoms with Crippen LogP contribution in [0.5, 0.6) is 0 Å². The number of unbranched alkanes of at least 4 members (excludes halogenated alkanes) is 3. The summed E-state index contributed by atoms with van der Waals surface area (Å²) in [6.07, 6.45) is 3.51. The molecule has 0 unspecified atom stereocenters. The second kappa shape index (κ2) is 16.2. The third-order valence-electron chi connectivity index (χ3n) is 3.28. The van der Waals surface area contributed by atoms with Crippen LogP contribution in [0.1, 0.15) is 53.4 Å². The highest BCUT2D eigenvalue weighted by molar-refractivity contribution is 4.52. The third kappa shape index (κ3) is 18.1. The fourth-order valence-corrected chi connectivity index (χ4v) is 1.96. The molecule has 2 N–H and O–H groups in total. The second-order valence-corrected chi connectivity index (χ2v) is 6.55. The van der Waals surface area contributed by atoms with Crippen molar-refractivity contribution in [3.05, 3.63) is 0 Å². The van der Waals surface area contributed by atoms with Crippen LogP contribution in [0.4, 0.5) is 0 Å². The first-order chi connectivity index (χ1) is 11.4. The predicted octanol–water partition coefficient (Wildman–Crippen LogP) is 2.15. The lowest BCUT2D eigenvalue weighted by molar-refractivity contribution is -0.0381. The van der Waals surface area contributed by atoms with E-state index in [1.54, 1.807) is 13.8 Å². The van der Waals surface area contributed by atoms with Crippen LogP contribution in [-0.4, -0.2) is 74.3 Å². The quantitative estimate of drug-likeness (QED) is 0.392. The molecular formula is C18H38O6. The molecule has 0 aliphatic heterocycles. The number of rotatable bonds is 17. The van der Waals surface area contributed by atoms with Crippen LogP contribution in [0.15, 0.2) is 0 Å². The molecule has 0 aliphatic carbocycles. The van der Waals surface area contributed by atoms with Gasteiger partial charge in [-0.1, -0.05) is 12.8 Å². The Kier molecular flexibility index (Phi) is 16.1. The first-order valence-electron chi connectivity index (χ1n) is 9.16. The first kappa shape index (κ1) is 23.8. The molecule has 0 saturated carbocycles. The van der Waals surface area contributed by atoms with Crippen molar-refractivity contribution in [2.24, 2.45) is 0 Å². The molecule has 0 radical (unpaired) electrons. The van der Waals surface area contributed by atoms with Crippen LogP contribution in [0.3, 0.4) is 0 Å². The Balaban J connectivity index is 3.22. The molecule has 0 aliphatic rings. The van der Waals surface area contributed by atoms with Crippen LogP contribution >= 0.6 is 0 Å². The molecular weight excluding hydrogens is 312 g/mol. The van der Waals surface area contributed by atoms with Gasteiger partial charge >= 0.3 is 0 Å². The standard InChI is InChI=1S/C18H38O6/c1-15(19)11-23-17(3)13-21-9-7-5-6-8-10-22-14-18(4)24-12-16(2)20/h15-20H,5-14H2,1-4H3/t15-,16-,17+,18+/m1/s1. The Morgan fingerprint density at radius 3 is 1.29 bits per heavy atom. The van der Waals surface area contributed by atoms with Gasteiger partial charge in [0.25, 0.3) is 0 Å². The Labute approximate surface area is 147 Å². The number of aliphatic hydroxyl groups excluding tert-OH is 2. The molecule has 24 heavy (non-hydrogen) atoms. The van der Waals surface area contributed by atoms with E-state index in [1.807, 2.05) is 13.8 Å². The van der Waals surface area contributed by atoms with Crippen molar-refractivity contribution in [1.82, 2.24) is 0 Å². The smallest absolute Gasteiger partial charge is 0.0781 e. The van der Waals surface area contributed by atoms with Gasteiger partial charge < -0.3 is 29.2 Å². The third-order valence-corrected chi connectivity index (χ3v) is 3.28. The minimum atomic E-state index is -0.428. The zero-order valence-electron chi connectivity index (χ0n) is 15.9. The van der Waals surface area contributed by atoms with Crippen LogP contribution in [-0.2, 0) is 18.9 Å². The van der Waals surface area contributed by atoms with Gasteiger partial charge in [0.05, 0.1) is 50.8 Å². The van der Waals surface area contributed by atoms with Crippen LogP contribution in [0.25, 0.3) is 0 Å². The van der Waals surface area contributed by atoms with E-state index in [9.17, 15) is 0 Å². The summed E-state index contributed by atoms with van der Waals surface area (Å²) in [5.41, 5.74) is 0. The van der Waals surface area contributed by atoms with E-state index in [2.05, 4.69) is 0 Å². The minimum absolute atomic E-state index is 0.0195. The Hall–Kier alpha value is -0.240. The molecule has 0 rings (SSSR count). The Bertz CT molecular complexity index is 234. The van der Waals surface area contributed by atoms with E-state index in [1.165, 1.54) is 0 Å². The molecule has 0 aromatic rings. The van der Waals surface area contributed by atoms with Gasteiger partial charge in [0, 0.05) is 13.2 Å². The van der Waals surface area contributed by atoms with Gasteiger partial charge in [-0.05, 0) is 40.5 Å². The van der Waals surface area contributed by atoms with Crippen molar-refractivity contribution < 1.29 is 29.2 Å². The van der Waals surface area contributed by atoms with Crippen molar-refractivity contribution in [2.45, 2.75) is 77.8 Å². The minimum Gasteiger partial charge on any atom is -0.391 e. The normalized spacial score (nSPS) is 16.8. The van der Waals surface area contributed by atoms with Crippen molar-refractivity contribution in [1.29, 1.82) is 0 Å². The lowest BCUT2D eigenvalue weighted by Crippen LogP contribution is -2.21. The van der Waals surface area contributed by atoms with E-state index in [-0.39, 0.29) is 12.2 Å². The molecule has 0 fully saturated rings. The summed E-state index contributed by atoms with van der Waals surface area (Å²) in [5, 5.41) is 18.2. The fraction of sp³-hybridized carbons (Fsp3) is 1.00. The summed E-state index contributed by atoms with van der Waals surface area (Å²) in [5.74, 6) is 0. The molecule has 0 amide bonds. The van der Waals surface area contributed by atoms with Gasteiger partial charge in [0.1, 0.15) is 0 Å². The van der Waals surface area contributed by atoms with Gasteiger partial charge in [0.15, 0.2) is 0 Å². The highest BCUT2D eigenvalue weighted by atomic mass is 16.5. The highest BCUT2D eigenvalue weighted by Gasteiger charge is 2.05. The monoisotopic (exact) mass is 350 g/mol. The Morgan fingerprint density at radius 2 is 0.958 bits per heavy atom. The van der Waals surface area contributed by atoms with E-state index in [0.29, 0.717) is 26.4 Å². The lowest BCUT2D eigenvalue weighted by atomic mass is 10.2. The Morgan fingerprint density at radius 1 is 0.583 bits per heavy atom. The molecule has 0 bridgehead atoms. The average molecular weight is 350 g/mol. The van der Waals surface area contributed by atoms with E-state index in [0.717, 1.165) is 38.9 Å². The summed E-state index contributed by atoms with van der Waals surface area (Å²) < 4.78 is 21.9. The summed E-state index contributed by atoms with van der Waals surface area (Å²) >= 11 is 0. The lowest BCUT2D eigenvalue weighted by Gasteiger charge is -2.15. The summed E-state index contributed by atoms with van der Waals surface area (Å²) in [6.45, 7) is 10.7. The van der Waals surface area contributed by atoms with Crippen molar-refractivity contribution in [3.8, 4) is 0 Å². The van der Waals surface area contributed by atoms with Gasteiger partial charge in [0.2, 0.25) is 0 Å². The molecule has 0 spiro atoms. The molecule has 0 aromatic carbocycles. The molecule has 146 valence electrons. The molecule has 4 atom stereocenters. The zero-order chi connectivity index (χ0) is 18.2. The van der Waals surface area contributed by atoms with Crippen LogP contribution < -0.4 is 0 Å². The van der Waals surface area contributed by atoms with E-state index in [4.69, 9.17) is 29.2 Å². The molecule has 6 heteroatoms.